The van der Waals surface area contributed by atoms with Gasteiger partial charge in [0.2, 0.25) is 0 Å². The molecule has 1 aliphatic heterocycles. The van der Waals surface area contributed by atoms with Crippen LogP contribution in [0.1, 0.15) is 53.4 Å². The quantitative estimate of drug-likeness (QED) is 0.595. The minimum absolute atomic E-state index is 0.0176. The number of halogens is 1. The van der Waals surface area contributed by atoms with Crippen molar-refractivity contribution in [3.05, 3.63) is 94.8 Å². The van der Waals surface area contributed by atoms with E-state index in [4.69, 9.17) is 4.84 Å². The smallest absolute Gasteiger partial charge is 0.251 e. The minimum Gasteiger partial charge on any atom is -0.387 e. The Hall–Kier alpha value is -3.98. The second kappa shape index (κ2) is 9.03. The first-order valence-electron chi connectivity index (χ1n) is 10.4. The van der Waals surface area contributed by atoms with E-state index in [0.717, 1.165) is 22.3 Å². The molecule has 1 amide bonds. The molecule has 0 saturated carbocycles. The van der Waals surface area contributed by atoms with E-state index in [1.165, 1.54) is 12.1 Å². The van der Waals surface area contributed by atoms with Crippen LogP contribution in [0.4, 0.5) is 4.39 Å². The maximum atomic E-state index is 13.3. The average Bonchev–Trinajstić information content (AvgIpc) is 3.29. The van der Waals surface area contributed by atoms with Gasteiger partial charge in [-0.1, -0.05) is 35.5 Å². The van der Waals surface area contributed by atoms with E-state index in [9.17, 15) is 14.4 Å². The van der Waals surface area contributed by atoms with Crippen LogP contribution in [-0.2, 0) is 4.84 Å². The Bertz CT molecular complexity index is 1230. The molecule has 3 aromatic rings. The van der Waals surface area contributed by atoms with E-state index in [1.54, 1.807) is 36.4 Å². The van der Waals surface area contributed by atoms with E-state index in [1.807, 2.05) is 32.0 Å². The molecule has 0 saturated heterocycles. The molecule has 3 aromatic carbocycles. The molecular formula is C26H22FN3O2. The van der Waals surface area contributed by atoms with E-state index >= 15 is 0 Å². The van der Waals surface area contributed by atoms with Crippen molar-refractivity contribution in [2.45, 2.75) is 32.4 Å². The van der Waals surface area contributed by atoms with Gasteiger partial charge in [0, 0.05) is 23.6 Å². The number of nitriles is 1. The summed E-state index contributed by atoms with van der Waals surface area (Å²) in [5.41, 5.74) is 4.75. The van der Waals surface area contributed by atoms with Crippen LogP contribution < -0.4 is 5.32 Å². The summed E-state index contributed by atoms with van der Waals surface area (Å²) >= 11 is 0. The summed E-state index contributed by atoms with van der Waals surface area (Å²) < 4.78 is 13.3. The molecule has 1 heterocycles. The molecule has 0 aliphatic carbocycles. The van der Waals surface area contributed by atoms with Gasteiger partial charge in [0.25, 0.3) is 5.91 Å². The number of nitrogens with zero attached hydrogens (tertiary/aromatic N) is 2. The summed E-state index contributed by atoms with van der Waals surface area (Å²) in [6.07, 6.45) is 0.161. The van der Waals surface area contributed by atoms with Crippen LogP contribution in [0.25, 0.3) is 11.1 Å². The van der Waals surface area contributed by atoms with Gasteiger partial charge in [-0.2, -0.15) is 5.26 Å². The highest BCUT2D eigenvalue weighted by molar-refractivity contribution is 6.05. The number of rotatable bonds is 5. The van der Waals surface area contributed by atoms with Crippen molar-refractivity contribution in [1.82, 2.24) is 5.32 Å². The third-order valence-electron chi connectivity index (χ3n) is 5.22. The van der Waals surface area contributed by atoms with Crippen LogP contribution in [0.3, 0.4) is 0 Å². The van der Waals surface area contributed by atoms with Crippen LogP contribution >= 0.6 is 0 Å². The predicted molar refractivity (Wildman–Crippen MR) is 121 cm³/mol. The highest BCUT2D eigenvalue weighted by atomic mass is 19.1. The number of hydrogen-bond donors (Lipinski definition) is 1. The van der Waals surface area contributed by atoms with Gasteiger partial charge in [0.05, 0.1) is 17.3 Å². The maximum absolute atomic E-state index is 13.3. The van der Waals surface area contributed by atoms with Crippen molar-refractivity contribution in [3.8, 4) is 17.2 Å². The first-order chi connectivity index (χ1) is 15.4. The zero-order valence-corrected chi connectivity index (χ0v) is 17.8. The summed E-state index contributed by atoms with van der Waals surface area (Å²) in [5, 5.41) is 16.7. The first kappa shape index (κ1) is 21.3. The third kappa shape index (κ3) is 4.52. The van der Waals surface area contributed by atoms with Gasteiger partial charge in [-0.05, 0) is 66.9 Å². The molecule has 5 nitrogen and oxygen atoms in total. The van der Waals surface area contributed by atoms with Crippen LogP contribution in [0.15, 0.2) is 71.9 Å². The van der Waals surface area contributed by atoms with Crippen molar-refractivity contribution < 1.29 is 14.0 Å². The van der Waals surface area contributed by atoms with E-state index < -0.39 is 0 Å². The fourth-order valence-corrected chi connectivity index (χ4v) is 3.66. The highest BCUT2D eigenvalue weighted by Gasteiger charge is 2.25. The van der Waals surface area contributed by atoms with Gasteiger partial charge in [0.1, 0.15) is 5.82 Å². The summed E-state index contributed by atoms with van der Waals surface area (Å²) in [6.45, 7) is 3.80. The molecule has 1 atom stereocenters. The first-order valence-corrected chi connectivity index (χ1v) is 10.4. The lowest BCUT2D eigenvalue weighted by atomic mass is 9.93. The normalized spacial score (nSPS) is 15.1. The van der Waals surface area contributed by atoms with Crippen molar-refractivity contribution in [1.29, 1.82) is 5.26 Å². The number of hydrogen-bond acceptors (Lipinski definition) is 4. The van der Waals surface area contributed by atoms with E-state index in [2.05, 4.69) is 16.5 Å². The second-order valence-corrected chi connectivity index (χ2v) is 7.97. The average molecular weight is 427 g/mol. The molecule has 0 bridgehead atoms. The van der Waals surface area contributed by atoms with Gasteiger partial charge < -0.3 is 10.2 Å². The van der Waals surface area contributed by atoms with Crippen molar-refractivity contribution in [2.75, 3.05) is 0 Å². The number of amides is 1. The van der Waals surface area contributed by atoms with Crippen LogP contribution in [0.2, 0.25) is 0 Å². The summed E-state index contributed by atoms with van der Waals surface area (Å²) in [5.74, 6) is -0.510. The molecule has 6 heteroatoms. The zero-order valence-electron chi connectivity index (χ0n) is 17.8. The fraction of sp³-hybridized carbons (Fsp3) is 0.192. The number of nitrogens with one attached hydrogen (secondary N) is 1. The standard InChI is InChI=1S/C26H22FN3O2/c1-16(2)29-26(31)21-12-19(23-6-4-3-5-18(23)15-28)11-20(13-21)24-14-25(32-30-24)17-7-9-22(27)10-8-17/h3-13,16,25H,14H2,1-2H3,(H,29,31). The van der Waals surface area contributed by atoms with Crippen molar-refractivity contribution in [2.24, 2.45) is 5.16 Å². The monoisotopic (exact) mass is 427 g/mol. The topological polar surface area (TPSA) is 74.5 Å². The molecule has 160 valence electrons. The Morgan fingerprint density at radius 2 is 1.84 bits per heavy atom. The number of carbonyl (C=O) groups excluding carboxylic acids is 1. The van der Waals surface area contributed by atoms with E-state index in [0.29, 0.717) is 23.3 Å². The SMILES string of the molecule is CC(C)NC(=O)c1cc(C2=NOC(c3ccc(F)cc3)C2)cc(-c2ccccc2C#N)c1. The maximum Gasteiger partial charge on any atom is 0.251 e. The molecule has 0 spiro atoms. The Morgan fingerprint density at radius 3 is 2.56 bits per heavy atom. The number of benzene rings is 3. The van der Waals surface area contributed by atoms with Crippen LogP contribution in [-0.4, -0.2) is 17.7 Å². The fourth-order valence-electron chi connectivity index (χ4n) is 3.66. The van der Waals surface area contributed by atoms with Crippen molar-refractivity contribution in [3.63, 3.8) is 0 Å². The molecule has 0 fully saturated rings. The van der Waals surface area contributed by atoms with Crippen LogP contribution in [0, 0.1) is 17.1 Å². The lowest BCUT2D eigenvalue weighted by molar-refractivity contribution is 0.0857. The van der Waals surface area contributed by atoms with Gasteiger partial charge >= 0.3 is 0 Å². The minimum atomic E-state index is -0.325. The molecule has 32 heavy (non-hydrogen) atoms. The highest BCUT2D eigenvalue weighted by Crippen LogP contribution is 2.32. The number of carbonyl (C=O) groups is 1. The summed E-state index contributed by atoms with van der Waals surface area (Å²) in [6, 6.07) is 21.1. The Morgan fingerprint density at radius 1 is 1.12 bits per heavy atom. The Balaban J connectivity index is 1.72. The molecule has 0 radical (unpaired) electrons. The van der Waals surface area contributed by atoms with Gasteiger partial charge in [-0.15, -0.1) is 0 Å². The summed E-state index contributed by atoms with van der Waals surface area (Å²) in [7, 11) is 0. The van der Waals surface area contributed by atoms with E-state index in [-0.39, 0.29) is 23.9 Å². The predicted octanol–water partition coefficient (Wildman–Crippen LogP) is 5.37. The lowest BCUT2D eigenvalue weighted by Crippen LogP contribution is -2.30. The second-order valence-electron chi connectivity index (χ2n) is 7.97. The van der Waals surface area contributed by atoms with Gasteiger partial charge in [0.15, 0.2) is 6.10 Å². The zero-order chi connectivity index (χ0) is 22.7. The molecular weight excluding hydrogens is 405 g/mol. The van der Waals surface area contributed by atoms with Crippen molar-refractivity contribution >= 4 is 11.6 Å². The van der Waals surface area contributed by atoms with Gasteiger partial charge in [-0.25, -0.2) is 4.39 Å². The molecule has 1 unspecified atom stereocenters. The molecule has 0 aromatic heterocycles. The molecule has 1 aliphatic rings. The van der Waals surface area contributed by atoms with Gasteiger partial charge in [-0.3, -0.25) is 4.79 Å². The number of oxime groups is 1. The summed E-state index contributed by atoms with van der Waals surface area (Å²) in [4.78, 5) is 18.4. The largest absolute Gasteiger partial charge is 0.387 e. The Labute approximate surface area is 186 Å². The Kier molecular flexibility index (Phi) is 6.00. The molecule has 4 rings (SSSR count). The lowest BCUT2D eigenvalue weighted by Gasteiger charge is -2.13. The molecule has 1 N–H and O–H groups in total. The van der Waals surface area contributed by atoms with Crippen LogP contribution in [0.5, 0.6) is 0 Å². The third-order valence-corrected chi connectivity index (χ3v) is 5.22.